The Hall–Kier alpha value is -1.38. The van der Waals surface area contributed by atoms with E-state index in [4.69, 9.17) is 4.74 Å². The molecule has 1 aliphatic rings. The monoisotopic (exact) mass is 283 g/mol. The second kappa shape index (κ2) is 6.59. The van der Waals surface area contributed by atoms with E-state index in [1.165, 1.54) is 22.8 Å². The molecule has 21 heavy (non-hydrogen) atoms. The van der Waals surface area contributed by atoms with Crippen LogP contribution in [0.5, 0.6) is 0 Å². The second-order valence-electron chi connectivity index (χ2n) is 6.19. The van der Waals surface area contributed by atoms with E-state index >= 15 is 0 Å². The molecule has 0 radical (unpaired) electrons. The molecule has 0 aromatic heterocycles. The molecule has 1 aliphatic heterocycles. The van der Waals surface area contributed by atoms with Gasteiger partial charge in [0, 0.05) is 12.0 Å². The van der Waals surface area contributed by atoms with Gasteiger partial charge in [0.1, 0.15) is 0 Å². The average molecular weight is 283 g/mol. The number of nitrogens with one attached hydrogen (secondary N) is 1. The topological polar surface area (TPSA) is 21.3 Å². The Morgan fingerprint density at radius 1 is 1.19 bits per heavy atom. The van der Waals surface area contributed by atoms with Gasteiger partial charge in [0.2, 0.25) is 0 Å². The van der Waals surface area contributed by atoms with Crippen LogP contribution < -0.4 is 5.32 Å². The Bertz CT molecular complexity index is 595. The molecule has 0 saturated carbocycles. The number of likely N-dealkylation sites (N-methyl/N-ethyl adjacent to an activating group) is 1. The minimum Gasteiger partial charge on any atom is -0.378 e. The molecule has 0 spiro atoms. The maximum Gasteiger partial charge on any atom is 0.0551 e. The molecular weight excluding hydrogens is 258 g/mol. The fourth-order valence-electron chi connectivity index (χ4n) is 3.42. The van der Waals surface area contributed by atoms with E-state index in [0.29, 0.717) is 18.1 Å². The van der Waals surface area contributed by atoms with E-state index < -0.39 is 0 Å². The predicted molar refractivity (Wildman–Crippen MR) is 88.6 cm³/mol. The van der Waals surface area contributed by atoms with Crippen LogP contribution in [0.1, 0.15) is 25.8 Å². The van der Waals surface area contributed by atoms with Crippen LogP contribution in [0.4, 0.5) is 0 Å². The molecular formula is C19H25NO. The SMILES string of the molecule is CCNC(Cc1ccc2ccccc2c1)C1COC(C)C1. The highest BCUT2D eigenvalue weighted by molar-refractivity contribution is 5.82. The van der Waals surface area contributed by atoms with Gasteiger partial charge in [0.05, 0.1) is 12.7 Å². The van der Waals surface area contributed by atoms with E-state index in [-0.39, 0.29) is 0 Å². The number of benzene rings is 2. The van der Waals surface area contributed by atoms with Crippen molar-refractivity contribution in [3.8, 4) is 0 Å². The maximum atomic E-state index is 5.76. The lowest BCUT2D eigenvalue weighted by atomic mass is 9.91. The van der Waals surface area contributed by atoms with Crippen LogP contribution in [-0.2, 0) is 11.2 Å². The predicted octanol–water partition coefficient (Wildman–Crippen LogP) is 3.79. The molecule has 1 fully saturated rings. The number of rotatable bonds is 5. The highest BCUT2D eigenvalue weighted by Crippen LogP contribution is 2.25. The Morgan fingerprint density at radius 3 is 2.71 bits per heavy atom. The Kier molecular flexibility index (Phi) is 4.57. The van der Waals surface area contributed by atoms with Gasteiger partial charge in [0.15, 0.2) is 0 Å². The summed E-state index contributed by atoms with van der Waals surface area (Å²) >= 11 is 0. The van der Waals surface area contributed by atoms with Crippen molar-refractivity contribution in [1.82, 2.24) is 5.32 Å². The number of hydrogen-bond donors (Lipinski definition) is 1. The van der Waals surface area contributed by atoms with Gasteiger partial charge in [-0.15, -0.1) is 0 Å². The Labute approximate surface area is 127 Å². The lowest BCUT2D eigenvalue weighted by Crippen LogP contribution is -2.38. The highest BCUT2D eigenvalue weighted by atomic mass is 16.5. The van der Waals surface area contributed by atoms with Gasteiger partial charge in [-0.3, -0.25) is 0 Å². The normalized spacial score (nSPS) is 23.5. The molecule has 2 heteroatoms. The zero-order valence-electron chi connectivity index (χ0n) is 13.0. The van der Waals surface area contributed by atoms with E-state index in [2.05, 4.69) is 61.6 Å². The van der Waals surface area contributed by atoms with E-state index in [0.717, 1.165) is 19.6 Å². The van der Waals surface area contributed by atoms with Crippen molar-refractivity contribution in [3.05, 3.63) is 48.0 Å². The Balaban J connectivity index is 1.77. The summed E-state index contributed by atoms with van der Waals surface area (Å²) in [5, 5.41) is 6.31. The summed E-state index contributed by atoms with van der Waals surface area (Å²) in [6, 6.07) is 15.9. The zero-order valence-corrected chi connectivity index (χ0v) is 13.0. The molecule has 3 atom stereocenters. The third kappa shape index (κ3) is 3.45. The summed E-state index contributed by atoms with van der Waals surface area (Å²) in [5.74, 6) is 0.631. The zero-order chi connectivity index (χ0) is 14.7. The summed E-state index contributed by atoms with van der Waals surface area (Å²) in [6.45, 7) is 6.28. The summed E-state index contributed by atoms with van der Waals surface area (Å²) in [5.41, 5.74) is 1.42. The van der Waals surface area contributed by atoms with Crippen molar-refractivity contribution in [1.29, 1.82) is 0 Å². The van der Waals surface area contributed by atoms with Crippen molar-refractivity contribution < 1.29 is 4.74 Å². The molecule has 1 saturated heterocycles. The van der Waals surface area contributed by atoms with E-state index in [9.17, 15) is 0 Å². The molecule has 3 unspecified atom stereocenters. The lowest BCUT2D eigenvalue weighted by Gasteiger charge is -2.23. The van der Waals surface area contributed by atoms with Crippen LogP contribution in [0.3, 0.4) is 0 Å². The minimum absolute atomic E-state index is 0.410. The van der Waals surface area contributed by atoms with Gasteiger partial charge < -0.3 is 10.1 Å². The largest absolute Gasteiger partial charge is 0.378 e. The average Bonchev–Trinajstić information content (AvgIpc) is 2.93. The van der Waals surface area contributed by atoms with Gasteiger partial charge >= 0.3 is 0 Å². The van der Waals surface area contributed by atoms with Crippen molar-refractivity contribution in [2.24, 2.45) is 5.92 Å². The number of ether oxygens (including phenoxy) is 1. The van der Waals surface area contributed by atoms with Gasteiger partial charge in [-0.2, -0.15) is 0 Å². The number of hydrogen-bond acceptors (Lipinski definition) is 2. The van der Waals surface area contributed by atoms with Gasteiger partial charge in [-0.05, 0) is 42.6 Å². The van der Waals surface area contributed by atoms with Gasteiger partial charge in [0.25, 0.3) is 0 Å². The highest BCUT2D eigenvalue weighted by Gasteiger charge is 2.29. The smallest absolute Gasteiger partial charge is 0.0551 e. The standard InChI is InChI=1S/C19H25NO/c1-3-20-19(18-10-14(2)21-13-18)12-15-8-9-16-6-4-5-7-17(16)11-15/h4-9,11,14,18-20H,3,10,12-13H2,1-2H3. The number of fused-ring (bicyclic) bond motifs is 1. The first-order chi connectivity index (χ1) is 10.3. The first-order valence-corrected chi connectivity index (χ1v) is 8.09. The summed E-state index contributed by atoms with van der Waals surface area (Å²) < 4.78 is 5.76. The summed E-state index contributed by atoms with van der Waals surface area (Å²) in [6.07, 6.45) is 2.66. The van der Waals surface area contributed by atoms with Crippen molar-refractivity contribution in [2.75, 3.05) is 13.2 Å². The molecule has 112 valence electrons. The molecule has 2 aromatic rings. The van der Waals surface area contributed by atoms with Crippen LogP contribution in [0, 0.1) is 5.92 Å². The van der Waals surface area contributed by atoms with Gasteiger partial charge in [-0.25, -0.2) is 0 Å². The van der Waals surface area contributed by atoms with E-state index in [1.54, 1.807) is 0 Å². The second-order valence-corrected chi connectivity index (χ2v) is 6.19. The minimum atomic E-state index is 0.410. The molecule has 0 aliphatic carbocycles. The molecule has 3 rings (SSSR count). The van der Waals surface area contributed by atoms with Crippen molar-refractivity contribution in [3.63, 3.8) is 0 Å². The Morgan fingerprint density at radius 2 is 2.00 bits per heavy atom. The summed E-state index contributed by atoms with van der Waals surface area (Å²) in [4.78, 5) is 0. The lowest BCUT2D eigenvalue weighted by molar-refractivity contribution is 0.117. The van der Waals surface area contributed by atoms with Crippen LogP contribution in [0.2, 0.25) is 0 Å². The van der Waals surface area contributed by atoms with E-state index in [1.807, 2.05) is 0 Å². The first kappa shape index (κ1) is 14.6. The van der Waals surface area contributed by atoms with Crippen LogP contribution in [0.15, 0.2) is 42.5 Å². The fourth-order valence-corrected chi connectivity index (χ4v) is 3.42. The van der Waals surface area contributed by atoms with Crippen LogP contribution in [-0.4, -0.2) is 25.3 Å². The quantitative estimate of drug-likeness (QED) is 0.901. The van der Waals surface area contributed by atoms with Crippen LogP contribution >= 0.6 is 0 Å². The van der Waals surface area contributed by atoms with Crippen LogP contribution in [0.25, 0.3) is 10.8 Å². The van der Waals surface area contributed by atoms with Crippen molar-refractivity contribution in [2.45, 2.75) is 38.8 Å². The molecule has 1 heterocycles. The van der Waals surface area contributed by atoms with Crippen molar-refractivity contribution >= 4 is 10.8 Å². The maximum absolute atomic E-state index is 5.76. The molecule has 2 nitrogen and oxygen atoms in total. The molecule has 0 amide bonds. The third-order valence-corrected chi connectivity index (χ3v) is 4.53. The summed E-state index contributed by atoms with van der Waals surface area (Å²) in [7, 11) is 0. The van der Waals surface area contributed by atoms with Gasteiger partial charge in [-0.1, -0.05) is 49.4 Å². The molecule has 1 N–H and O–H groups in total. The molecule has 0 bridgehead atoms. The molecule has 2 aromatic carbocycles. The third-order valence-electron chi connectivity index (χ3n) is 4.53. The fraction of sp³-hybridized carbons (Fsp3) is 0.474. The first-order valence-electron chi connectivity index (χ1n) is 8.09.